The standard InChI is InChI=1S/C26H31N5O8S/c1-15-18(11-17(30(36)37)12-20(15)31(38)39)23(33)27-19(10-16-8-6-5-7-9-16)22(32)25(35)29-14-40-13-21(29)24(34)28-26(2,3)4/h5-9,11-12,19,21-22,32H,10,13-14H2,1-4H3,(H,27,33)(H,28,34). The number of carbonyl (C=O) groups excluding carboxylic acids is 3. The van der Waals surface area contributed by atoms with Crippen LogP contribution >= 0.6 is 11.8 Å². The van der Waals surface area contributed by atoms with Crippen molar-refractivity contribution in [3.05, 3.63) is 79.4 Å². The van der Waals surface area contributed by atoms with Gasteiger partial charge in [-0.3, -0.25) is 34.6 Å². The van der Waals surface area contributed by atoms with Crippen molar-refractivity contribution in [2.75, 3.05) is 11.6 Å². The molecule has 214 valence electrons. The minimum Gasteiger partial charge on any atom is -0.381 e. The van der Waals surface area contributed by atoms with E-state index >= 15 is 0 Å². The zero-order valence-corrected chi connectivity index (χ0v) is 23.3. The maximum Gasteiger partial charge on any atom is 0.279 e. The number of hydrogen-bond donors (Lipinski definition) is 3. The molecule has 40 heavy (non-hydrogen) atoms. The number of rotatable bonds is 9. The predicted octanol–water partition coefficient (Wildman–Crippen LogP) is 2.33. The third-order valence-electron chi connectivity index (χ3n) is 6.23. The van der Waals surface area contributed by atoms with Gasteiger partial charge in [0.25, 0.3) is 23.2 Å². The Morgan fingerprint density at radius 1 is 1.12 bits per heavy atom. The van der Waals surface area contributed by atoms with Crippen LogP contribution < -0.4 is 10.6 Å². The lowest BCUT2D eigenvalue weighted by atomic mass is 9.98. The van der Waals surface area contributed by atoms with Gasteiger partial charge in [0.1, 0.15) is 6.04 Å². The van der Waals surface area contributed by atoms with Crippen LogP contribution in [0, 0.1) is 27.2 Å². The summed E-state index contributed by atoms with van der Waals surface area (Å²) in [4.78, 5) is 62.1. The Morgan fingerprint density at radius 3 is 2.35 bits per heavy atom. The van der Waals surface area contributed by atoms with Crippen molar-refractivity contribution >= 4 is 40.9 Å². The topological polar surface area (TPSA) is 185 Å². The van der Waals surface area contributed by atoms with Gasteiger partial charge in [-0.25, -0.2) is 0 Å². The van der Waals surface area contributed by atoms with Crippen molar-refractivity contribution in [1.82, 2.24) is 15.5 Å². The predicted molar refractivity (Wildman–Crippen MR) is 148 cm³/mol. The molecule has 2 aromatic carbocycles. The van der Waals surface area contributed by atoms with Gasteiger partial charge in [-0.2, -0.15) is 0 Å². The molecule has 0 aliphatic carbocycles. The maximum atomic E-state index is 13.5. The molecule has 0 saturated carbocycles. The molecule has 2 aromatic rings. The molecule has 1 fully saturated rings. The number of benzene rings is 2. The molecule has 3 unspecified atom stereocenters. The van der Waals surface area contributed by atoms with E-state index in [1.54, 1.807) is 51.1 Å². The molecule has 14 heteroatoms. The van der Waals surface area contributed by atoms with Gasteiger partial charge < -0.3 is 20.6 Å². The highest BCUT2D eigenvalue weighted by molar-refractivity contribution is 7.99. The normalized spacial score (nSPS) is 16.6. The van der Waals surface area contributed by atoms with E-state index < -0.39 is 56.8 Å². The molecule has 3 N–H and O–H groups in total. The summed E-state index contributed by atoms with van der Waals surface area (Å²) in [5.74, 6) is -1.61. The average molecular weight is 574 g/mol. The highest BCUT2D eigenvalue weighted by Gasteiger charge is 2.41. The first-order chi connectivity index (χ1) is 18.7. The fourth-order valence-corrected chi connectivity index (χ4v) is 5.41. The molecule has 3 atom stereocenters. The Hall–Kier alpha value is -4.04. The molecule has 1 saturated heterocycles. The lowest BCUT2D eigenvalue weighted by Crippen LogP contribution is -2.57. The van der Waals surface area contributed by atoms with Crippen molar-refractivity contribution in [1.29, 1.82) is 0 Å². The summed E-state index contributed by atoms with van der Waals surface area (Å²) in [6, 6.07) is 8.31. The average Bonchev–Trinajstić information content (AvgIpc) is 3.37. The fraction of sp³-hybridized carbons (Fsp3) is 0.423. The van der Waals surface area contributed by atoms with Crippen LogP contribution in [0.25, 0.3) is 0 Å². The minimum absolute atomic E-state index is 0.00457. The summed E-state index contributed by atoms with van der Waals surface area (Å²) >= 11 is 1.35. The van der Waals surface area contributed by atoms with Crippen LogP contribution in [0.3, 0.4) is 0 Å². The van der Waals surface area contributed by atoms with Crippen molar-refractivity contribution in [3.63, 3.8) is 0 Å². The highest BCUT2D eigenvalue weighted by atomic mass is 32.2. The van der Waals surface area contributed by atoms with Gasteiger partial charge in [0.2, 0.25) is 5.91 Å². The van der Waals surface area contributed by atoms with Crippen LogP contribution in [-0.2, 0) is 16.0 Å². The Morgan fingerprint density at radius 2 is 1.77 bits per heavy atom. The van der Waals surface area contributed by atoms with E-state index in [0.29, 0.717) is 11.3 Å². The molecule has 1 aliphatic heterocycles. The summed E-state index contributed by atoms with van der Waals surface area (Å²) in [6.45, 7) is 6.70. The lowest BCUT2D eigenvalue weighted by Gasteiger charge is -2.31. The first-order valence-corrected chi connectivity index (χ1v) is 13.5. The van der Waals surface area contributed by atoms with Gasteiger partial charge in [-0.1, -0.05) is 30.3 Å². The number of thioether (sulfide) groups is 1. The van der Waals surface area contributed by atoms with E-state index in [0.717, 1.165) is 12.1 Å². The monoisotopic (exact) mass is 573 g/mol. The van der Waals surface area contributed by atoms with Crippen LogP contribution in [-0.4, -0.2) is 72.9 Å². The van der Waals surface area contributed by atoms with E-state index in [1.807, 2.05) is 0 Å². The third-order valence-corrected chi connectivity index (χ3v) is 7.24. The van der Waals surface area contributed by atoms with Crippen LogP contribution in [0.2, 0.25) is 0 Å². The number of carbonyl (C=O) groups is 3. The summed E-state index contributed by atoms with van der Waals surface area (Å²) < 4.78 is 0. The highest BCUT2D eigenvalue weighted by Crippen LogP contribution is 2.29. The first kappa shape index (κ1) is 30.5. The number of nitrogens with zero attached hydrogens (tertiary/aromatic N) is 3. The lowest BCUT2D eigenvalue weighted by molar-refractivity contribution is -0.394. The number of aliphatic hydroxyl groups excluding tert-OH is 1. The number of non-ortho nitro benzene ring substituents is 1. The zero-order valence-electron chi connectivity index (χ0n) is 22.4. The molecule has 0 spiro atoms. The van der Waals surface area contributed by atoms with E-state index in [-0.39, 0.29) is 29.3 Å². The van der Waals surface area contributed by atoms with Gasteiger partial charge in [0, 0.05) is 22.9 Å². The number of hydrogen-bond acceptors (Lipinski definition) is 9. The second-order valence-electron chi connectivity index (χ2n) is 10.4. The molecule has 0 radical (unpaired) electrons. The van der Waals surface area contributed by atoms with E-state index in [4.69, 9.17) is 0 Å². The molecule has 0 bridgehead atoms. The molecular formula is C26H31N5O8S. The fourth-order valence-electron chi connectivity index (χ4n) is 4.24. The number of aliphatic hydroxyl groups is 1. The minimum atomic E-state index is -1.79. The van der Waals surface area contributed by atoms with Crippen molar-refractivity contribution in [3.8, 4) is 0 Å². The second-order valence-corrected chi connectivity index (χ2v) is 11.4. The number of nitro benzene ring substituents is 2. The van der Waals surface area contributed by atoms with Gasteiger partial charge in [-0.15, -0.1) is 11.8 Å². The Kier molecular flexibility index (Phi) is 9.48. The summed E-state index contributed by atoms with van der Waals surface area (Å²) in [6.07, 6.45) is -1.79. The first-order valence-electron chi connectivity index (χ1n) is 12.4. The van der Waals surface area contributed by atoms with Gasteiger partial charge >= 0.3 is 0 Å². The second kappa shape index (κ2) is 12.4. The largest absolute Gasteiger partial charge is 0.381 e. The molecule has 13 nitrogen and oxygen atoms in total. The van der Waals surface area contributed by atoms with Crippen molar-refractivity contribution in [2.24, 2.45) is 0 Å². The van der Waals surface area contributed by atoms with Crippen LogP contribution in [0.15, 0.2) is 42.5 Å². The van der Waals surface area contributed by atoms with Gasteiger partial charge in [-0.05, 0) is 39.7 Å². The summed E-state index contributed by atoms with van der Waals surface area (Å²) in [7, 11) is 0. The number of nitro groups is 2. The van der Waals surface area contributed by atoms with Crippen LogP contribution in [0.5, 0.6) is 0 Å². The molecule has 3 amide bonds. The van der Waals surface area contributed by atoms with Crippen molar-refractivity contribution < 1.29 is 29.3 Å². The number of nitrogens with one attached hydrogen (secondary N) is 2. The van der Waals surface area contributed by atoms with E-state index in [1.165, 1.54) is 23.6 Å². The Labute approximate surface area is 234 Å². The molecule has 1 aliphatic rings. The SMILES string of the molecule is Cc1c(C(=O)NC(Cc2ccccc2)C(O)C(=O)N2CSCC2C(=O)NC(C)(C)C)cc([N+](=O)[O-])cc1[N+](=O)[O-]. The van der Waals surface area contributed by atoms with Crippen molar-refractivity contribution in [2.45, 2.75) is 57.8 Å². The smallest absolute Gasteiger partial charge is 0.279 e. The van der Waals surface area contributed by atoms with E-state index in [9.17, 15) is 39.7 Å². The Balaban J connectivity index is 1.93. The number of amides is 3. The molecule has 0 aromatic heterocycles. The van der Waals surface area contributed by atoms with Gasteiger partial charge in [0.05, 0.1) is 33.4 Å². The van der Waals surface area contributed by atoms with Crippen LogP contribution in [0.1, 0.15) is 42.3 Å². The zero-order chi connectivity index (χ0) is 29.8. The van der Waals surface area contributed by atoms with Gasteiger partial charge in [0.15, 0.2) is 6.10 Å². The third kappa shape index (κ3) is 7.33. The summed E-state index contributed by atoms with van der Waals surface area (Å²) in [5.41, 5.74) is -1.59. The maximum absolute atomic E-state index is 13.5. The molecule has 3 rings (SSSR count). The Bertz CT molecular complexity index is 1310. The molecular weight excluding hydrogens is 542 g/mol. The quantitative estimate of drug-likeness (QED) is 0.299. The van der Waals surface area contributed by atoms with Crippen LogP contribution in [0.4, 0.5) is 11.4 Å². The summed E-state index contributed by atoms with van der Waals surface area (Å²) in [5, 5.41) is 39.5. The molecule has 1 heterocycles. The van der Waals surface area contributed by atoms with E-state index in [2.05, 4.69) is 10.6 Å².